The van der Waals surface area contributed by atoms with Crippen molar-refractivity contribution >= 4 is 5.96 Å². The summed E-state index contributed by atoms with van der Waals surface area (Å²) in [5.41, 5.74) is 1.57. The lowest BCUT2D eigenvalue weighted by molar-refractivity contribution is 0.255. The van der Waals surface area contributed by atoms with E-state index in [1.165, 1.54) is 0 Å². The van der Waals surface area contributed by atoms with Gasteiger partial charge in [0.05, 0.1) is 6.04 Å². The van der Waals surface area contributed by atoms with E-state index in [-0.39, 0.29) is 11.9 Å². The molecular weight excluding hydrogens is 291 g/mol. The minimum absolute atomic E-state index is 0.0106. The number of hydrogen-bond donors (Lipinski definition) is 2. The third-order valence-corrected chi connectivity index (χ3v) is 4.37. The predicted molar refractivity (Wildman–Crippen MR) is 96.4 cm³/mol. The van der Waals surface area contributed by atoms with Crippen LogP contribution in [-0.2, 0) is 0 Å². The minimum atomic E-state index is -0.172. The summed E-state index contributed by atoms with van der Waals surface area (Å²) in [7, 11) is 3.87. The molecule has 1 aromatic carbocycles. The molecule has 2 atom stereocenters. The average Bonchev–Trinajstić information content (AvgIpc) is 2.55. The second kappa shape index (κ2) is 9.50. The molecule has 0 fully saturated rings. The molecule has 1 aromatic rings. The lowest BCUT2D eigenvalue weighted by Gasteiger charge is -2.24. The molecule has 4 nitrogen and oxygen atoms in total. The van der Waals surface area contributed by atoms with Gasteiger partial charge in [-0.1, -0.05) is 19.1 Å². The molecule has 2 N–H and O–H groups in total. The Bertz CT molecular complexity index is 516. The Morgan fingerprint density at radius 2 is 2.04 bits per heavy atom. The van der Waals surface area contributed by atoms with Crippen LogP contribution >= 0.6 is 0 Å². The van der Waals surface area contributed by atoms with Gasteiger partial charge in [0.1, 0.15) is 5.82 Å². The van der Waals surface area contributed by atoms with Crippen molar-refractivity contribution < 1.29 is 4.39 Å². The number of nitrogens with one attached hydrogen (secondary N) is 2. The number of hydrogen-bond acceptors (Lipinski definition) is 2. The predicted octanol–water partition coefficient (Wildman–Crippen LogP) is 3.09. The van der Waals surface area contributed by atoms with Crippen LogP contribution in [0.15, 0.2) is 23.2 Å². The first-order valence-electron chi connectivity index (χ1n) is 8.32. The Labute approximate surface area is 140 Å². The van der Waals surface area contributed by atoms with Crippen LogP contribution in [0.5, 0.6) is 0 Å². The molecule has 0 aliphatic rings. The highest BCUT2D eigenvalue weighted by molar-refractivity contribution is 5.80. The number of aliphatic imine (C=N–C) groups is 1. The molecular formula is C18H31FN4. The maximum Gasteiger partial charge on any atom is 0.191 e. The Morgan fingerprint density at radius 3 is 2.61 bits per heavy atom. The maximum atomic E-state index is 13.7. The Morgan fingerprint density at radius 1 is 1.35 bits per heavy atom. The summed E-state index contributed by atoms with van der Waals surface area (Å²) >= 11 is 0. The number of likely N-dealkylation sites (N-methyl/N-ethyl adjacent to an activating group) is 1. The zero-order valence-electron chi connectivity index (χ0n) is 15.3. The van der Waals surface area contributed by atoms with Crippen molar-refractivity contribution in [3.8, 4) is 0 Å². The van der Waals surface area contributed by atoms with Crippen molar-refractivity contribution in [1.82, 2.24) is 15.5 Å². The fraction of sp³-hybridized carbons (Fsp3) is 0.611. The minimum Gasteiger partial charge on any atom is -0.355 e. The van der Waals surface area contributed by atoms with Crippen LogP contribution in [0.25, 0.3) is 0 Å². The van der Waals surface area contributed by atoms with Gasteiger partial charge in [-0.15, -0.1) is 0 Å². The number of guanidine groups is 1. The topological polar surface area (TPSA) is 39.7 Å². The summed E-state index contributed by atoms with van der Waals surface area (Å²) in [6.07, 6.45) is 1.14. The molecule has 130 valence electrons. The normalized spacial score (nSPS) is 14.7. The van der Waals surface area contributed by atoms with Gasteiger partial charge in [0.25, 0.3) is 0 Å². The van der Waals surface area contributed by atoms with Crippen LogP contribution in [0.4, 0.5) is 4.39 Å². The van der Waals surface area contributed by atoms with Crippen molar-refractivity contribution in [3.63, 3.8) is 0 Å². The van der Waals surface area contributed by atoms with Crippen LogP contribution in [0.3, 0.4) is 0 Å². The first-order chi connectivity index (χ1) is 10.9. The van der Waals surface area contributed by atoms with Crippen molar-refractivity contribution in [3.05, 3.63) is 35.1 Å². The molecule has 0 heterocycles. The number of rotatable bonds is 7. The molecule has 0 saturated heterocycles. The lowest BCUT2D eigenvalue weighted by atomic mass is 10.1. The second-order valence-corrected chi connectivity index (χ2v) is 6.11. The van der Waals surface area contributed by atoms with Crippen LogP contribution in [0.1, 0.15) is 44.4 Å². The highest BCUT2D eigenvalue weighted by Crippen LogP contribution is 2.16. The molecule has 0 bridgehead atoms. The molecule has 0 spiro atoms. The van der Waals surface area contributed by atoms with Gasteiger partial charge in [0.15, 0.2) is 5.96 Å². The highest BCUT2D eigenvalue weighted by atomic mass is 19.1. The van der Waals surface area contributed by atoms with Crippen LogP contribution in [-0.4, -0.2) is 44.1 Å². The van der Waals surface area contributed by atoms with Crippen LogP contribution in [0.2, 0.25) is 0 Å². The Balaban J connectivity index is 2.51. The van der Waals surface area contributed by atoms with Gasteiger partial charge >= 0.3 is 0 Å². The van der Waals surface area contributed by atoms with E-state index in [2.05, 4.69) is 41.4 Å². The first kappa shape index (κ1) is 19.4. The largest absolute Gasteiger partial charge is 0.355 e. The SMILES string of the molecule is CCC(C)N(C)CCNC(=NC)NC(C)c1ccc(C)c(F)c1. The third kappa shape index (κ3) is 6.18. The molecule has 0 radical (unpaired) electrons. The monoisotopic (exact) mass is 322 g/mol. The quantitative estimate of drug-likeness (QED) is 0.598. The van der Waals surface area contributed by atoms with Gasteiger partial charge in [-0.3, -0.25) is 4.99 Å². The molecule has 0 aliphatic carbocycles. The van der Waals surface area contributed by atoms with Crippen molar-refractivity contribution in [2.75, 3.05) is 27.2 Å². The summed E-state index contributed by atoms with van der Waals surface area (Å²) in [6.45, 7) is 9.95. The van der Waals surface area contributed by atoms with Crippen LogP contribution < -0.4 is 10.6 Å². The van der Waals surface area contributed by atoms with Gasteiger partial charge in [-0.05, 0) is 51.4 Å². The average molecular weight is 322 g/mol. The van der Waals surface area contributed by atoms with Gasteiger partial charge < -0.3 is 15.5 Å². The molecule has 1 rings (SSSR count). The second-order valence-electron chi connectivity index (χ2n) is 6.11. The highest BCUT2D eigenvalue weighted by Gasteiger charge is 2.10. The van der Waals surface area contributed by atoms with E-state index < -0.39 is 0 Å². The zero-order chi connectivity index (χ0) is 17.4. The molecule has 0 saturated carbocycles. The van der Waals surface area contributed by atoms with E-state index >= 15 is 0 Å². The van der Waals surface area contributed by atoms with Gasteiger partial charge in [-0.2, -0.15) is 0 Å². The fourth-order valence-electron chi connectivity index (χ4n) is 2.24. The van der Waals surface area contributed by atoms with Crippen molar-refractivity contribution in [2.45, 2.75) is 46.2 Å². The molecule has 0 aliphatic heterocycles. The number of benzene rings is 1. The molecule has 0 aromatic heterocycles. The van der Waals surface area contributed by atoms with E-state index in [0.717, 1.165) is 31.0 Å². The number of halogens is 1. The van der Waals surface area contributed by atoms with E-state index in [1.54, 1.807) is 26.1 Å². The van der Waals surface area contributed by atoms with Crippen molar-refractivity contribution in [2.24, 2.45) is 4.99 Å². The van der Waals surface area contributed by atoms with E-state index in [1.807, 2.05) is 13.0 Å². The molecule has 23 heavy (non-hydrogen) atoms. The van der Waals surface area contributed by atoms with E-state index in [0.29, 0.717) is 11.6 Å². The van der Waals surface area contributed by atoms with E-state index in [4.69, 9.17) is 0 Å². The van der Waals surface area contributed by atoms with Gasteiger partial charge in [0, 0.05) is 26.2 Å². The lowest BCUT2D eigenvalue weighted by Crippen LogP contribution is -2.43. The summed E-state index contributed by atoms with van der Waals surface area (Å²) in [5, 5.41) is 6.61. The molecule has 5 heteroatoms. The Hall–Kier alpha value is -1.62. The fourth-order valence-corrected chi connectivity index (χ4v) is 2.24. The van der Waals surface area contributed by atoms with Crippen LogP contribution in [0, 0.1) is 12.7 Å². The number of nitrogens with zero attached hydrogens (tertiary/aromatic N) is 2. The smallest absolute Gasteiger partial charge is 0.191 e. The maximum absolute atomic E-state index is 13.7. The summed E-state index contributed by atoms with van der Waals surface area (Å²) in [6, 6.07) is 5.89. The van der Waals surface area contributed by atoms with Crippen molar-refractivity contribution in [1.29, 1.82) is 0 Å². The molecule has 2 unspecified atom stereocenters. The third-order valence-electron chi connectivity index (χ3n) is 4.37. The summed E-state index contributed by atoms with van der Waals surface area (Å²) < 4.78 is 13.7. The summed E-state index contributed by atoms with van der Waals surface area (Å²) in [5.74, 6) is 0.560. The summed E-state index contributed by atoms with van der Waals surface area (Å²) in [4.78, 5) is 6.56. The van der Waals surface area contributed by atoms with Gasteiger partial charge in [-0.25, -0.2) is 4.39 Å². The van der Waals surface area contributed by atoms with Gasteiger partial charge in [0.2, 0.25) is 0 Å². The first-order valence-corrected chi connectivity index (χ1v) is 8.32. The molecule has 0 amide bonds. The van der Waals surface area contributed by atoms with E-state index in [9.17, 15) is 4.39 Å². The Kier molecular flexibility index (Phi) is 8.03. The number of aryl methyl sites for hydroxylation is 1. The zero-order valence-corrected chi connectivity index (χ0v) is 15.3. The standard InChI is InChI=1S/C18H31FN4/c1-7-14(3)23(6)11-10-21-18(20-5)22-15(4)16-9-8-13(2)17(19)12-16/h8-9,12,14-15H,7,10-11H2,1-6H3,(H2,20,21,22).